The van der Waals surface area contributed by atoms with Gasteiger partial charge in [-0.2, -0.15) is 0 Å². The number of morpholine rings is 1. The van der Waals surface area contributed by atoms with Gasteiger partial charge in [0.1, 0.15) is 11.3 Å². The monoisotopic (exact) mass is 351 g/mol. The zero-order valence-electron chi connectivity index (χ0n) is 14.9. The third-order valence-corrected chi connectivity index (χ3v) is 4.99. The molecular weight excluding hydrogens is 330 g/mol. The Morgan fingerprint density at radius 2 is 2.12 bits per heavy atom. The highest BCUT2D eigenvalue weighted by Gasteiger charge is 2.50. The van der Waals surface area contributed by atoms with Gasteiger partial charge in [-0.05, 0) is 25.1 Å². The van der Waals surface area contributed by atoms with Gasteiger partial charge in [-0.25, -0.2) is 4.98 Å². The topological polar surface area (TPSA) is 56.7 Å². The molecule has 0 N–H and O–H groups in total. The lowest BCUT2D eigenvalue weighted by atomic mass is 9.90. The van der Waals surface area contributed by atoms with Crippen LogP contribution in [0.1, 0.15) is 18.1 Å². The highest BCUT2D eigenvalue weighted by atomic mass is 16.6. The first kappa shape index (κ1) is 16.8. The Balaban J connectivity index is 1.66. The molecule has 0 saturated carbocycles. The van der Waals surface area contributed by atoms with Crippen LogP contribution in [-0.4, -0.2) is 55.1 Å². The van der Waals surface area contributed by atoms with Crippen molar-refractivity contribution in [3.05, 3.63) is 47.9 Å². The first-order valence-electron chi connectivity index (χ1n) is 8.66. The highest BCUT2D eigenvalue weighted by molar-refractivity contribution is 5.60. The summed E-state index contributed by atoms with van der Waals surface area (Å²) in [6.07, 6.45) is 5.21. The lowest BCUT2D eigenvalue weighted by molar-refractivity contribution is -0.228. The number of hydrogen-bond donors (Lipinski definition) is 0. The van der Waals surface area contributed by atoms with Crippen molar-refractivity contribution >= 4 is 5.69 Å². The van der Waals surface area contributed by atoms with E-state index in [1.807, 2.05) is 18.2 Å². The van der Waals surface area contributed by atoms with E-state index < -0.39 is 0 Å². The van der Waals surface area contributed by atoms with Crippen molar-refractivity contribution in [1.29, 1.82) is 0 Å². The van der Waals surface area contributed by atoms with Gasteiger partial charge in [-0.15, -0.1) is 0 Å². The minimum atomic E-state index is -0.235. The van der Waals surface area contributed by atoms with Gasteiger partial charge < -0.3 is 19.1 Å². The Labute approximate surface area is 153 Å². The Kier molecular flexibility index (Phi) is 4.49. The summed E-state index contributed by atoms with van der Waals surface area (Å²) in [6.45, 7) is 4.85. The van der Waals surface area contributed by atoms with Gasteiger partial charge in [0.2, 0.25) is 5.88 Å². The van der Waals surface area contributed by atoms with E-state index in [-0.39, 0.29) is 11.6 Å². The number of aromatic nitrogens is 2. The normalized spacial score (nSPS) is 20.8. The molecule has 1 spiro atoms. The van der Waals surface area contributed by atoms with Crippen LogP contribution in [0.15, 0.2) is 36.8 Å². The molecule has 2 aliphatic heterocycles. The summed E-state index contributed by atoms with van der Waals surface area (Å²) in [5.41, 5.74) is 2.41. The molecule has 4 heterocycles. The van der Waals surface area contributed by atoms with Gasteiger partial charge in [-0.3, -0.25) is 4.98 Å². The van der Waals surface area contributed by atoms with Crippen molar-refractivity contribution in [3.63, 3.8) is 0 Å². The average Bonchev–Trinajstić information content (AvgIpc) is 2.66. The Hall–Kier alpha value is -2.62. The quantitative estimate of drug-likeness (QED) is 0.770. The average molecular weight is 351 g/mol. The van der Waals surface area contributed by atoms with Crippen LogP contribution < -0.4 is 9.64 Å². The molecule has 6 heteroatoms. The molecular formula is C20H21N3O3. The molecule has 0 bridgehead atoms. The Morgan fingerprint density at radius 1 is 1.27 bits per heavy atom. The van der Waals surface area contributed by atoms with Crippen molar-refractivity contribution < 1.29 is 14.2 Å². The molecule has 6 nitrogen and oxygen atoms in total. The maximum atomic E-state index is 6.01. The molecule has 0 radical (unpaired) electrons. The third-order valence-electron chi connectivity index (χ3n) is 4.99. The van der Waals surface area contributed by atoms with Crippen molar-refractivity contribution in [2.75, 3.05) is 38.4 Å². The second kappa shape index (κ2) is 6.94. The first-order chi connectivity index (χ1) is 12.7. The van der Waals surface area contributed by atoms with Crippen LogP contribution in [0.25, 0.3) is 0 Å². The van der Waals surface area contributed by atoms with Gasteiger partial charge >= 0.3 is 0 Å². The highest BCUT2D eigenvalue weighted by Crippen LogP contribution is 2.38. The zero-order chi connectivity index (χ0) is 18.0. The van der Waals surface area contributed by atoms with Crippen LogP contribution >= 0.6 is 0 Å². The van der Waals surface area contributed by atoms with Crippen LogP contribution in [0.3, 0.4) is 0 Å². The molecule has 1 atom stereocenters. The third kappa shape index (κ3) is 3.00. The molecule has 2 aromatic rings. The number of pyridine rings is 2. The van der Waals surface area contributed by atoms with E-state index in [9.17, 15) is 0 Å². The number of nitrogens with zero attached hydrogens (tertiary/aromatic N) is 3. The SMILES string of the molecule is COc1ncc(C#Cc2cccnc2)cc1N1CCOC2(COC2)C1C. The fourth-order valence-corrected chi connectivity index (χ4v) is 3.36. The van der Waals surface area contributed by atoms with Crippen LogP contribution in [0, 0.1) is 11.8 Å². The fraction of sp³-hybridized carbons (Fsp3) is 0.400. The van der Waals surface area contributed by atoms with Gasteiger partial charge in [0.05, 0.1) is 33.0 Å². The number of ether oxygens (including phenoxy) is 3. The summed E-state index contributed by atoms with van der Waals surface area (Å²) in [5.74, 6) is 6.88. The standard InChI is InChI=1S/C20H21N3O3/c1-15-20(13-25-14-20)26-9-8-23(15)18-10-17(12-22-19(18)24-2)6-5-16-4-3-7-21-11-16/h3-4,7,10-12,15H,8-9,13-14H2,1-2H3. The van der Waals surface area contributed by atoms with Crippen LogP contribution in [0.5, 0.6) is 5.88 Å². The summed E-state index contributed by atoms with van der Waals surface area (Å²) in [6, 6.07) is 6.01. The van der Waals surface area contributed by atoms with Gasteiger partial charge in [-0.1, -0.05) is 11.8 Å². The molecule has 26 heavy (non-hydrogen) atoms. The van der Waals surface area contributed by atoms with E-state index in [0.29, 0.717) is 25.7 Å². The molecule has 4 rings (SSSR count). The molecule has 2 aliphatic rings. The van der Waals surface area contributed by atoms with Crippen LogP contribution in [0.4, 0.5) is 5.69 Å². The van der Waals surface area contributed by atoms with Crippen LogP contribution in [-0.2, 0) is 9.47 Å². The van der Waals surface area contributed by atoms with E-state index in [2.05, 4.69) is 33.6 Å². The zero-order valence-corrected chi connectivity index (χ0v) is 14.9. The first-order valence-corrected chi connectivity index (χ1v) is 8.66. The van der Waals surface area contributed by atoms with E-state index in [1.54, 1.807) is 25.7 Å². The van der Waals surface area contributed by atoms with E-state index in [0.717, 1.165) is 23.4 Å². The van der Waals surface area contributed by atoms with Crippen molar-refractivity contribution in [2.45, 2.75) is 18.6 Å². The summed E-state index contributed by atoms with van der Waals surface area (Å²) in [4.78, 5) is 10.8. The predicted molar refractivity (Wildman–Crippen MR) is 97.3 cm³/mol. The number of methoxy groups -OCH3 is 1. The summed E-state index contributed by atoms with van der Waals surface area (Å²) in [5, 5.41) is 0. The summed E-state index contributed by atoms with van der Waals surface area (Å²) >= 11 is 0. The Morgan fingerprint density at radius 3 is 2.81 bits per heavy atom. The molecule has 0 amide bonds. The smallest absolute Gasteiger partial charge is 0.237 e. The molecule has 0 aromatic carbocycles. The molecule has 2 aromatic heterocycles. The predicted octanol–water partition coefficient (Wildman–Crippen LogP) is 1.88. The number of hydrogen-bond acceptors (Lipinski definition) is 6. The molecule has 2 fully saturated rings. The molecule has 134 valence electrons. The van der Waals surface area contributed by atoms with Gasteiger partial charge in [0.25, 0.3) is 0 Å². The second-order valence-electron chi connectivity index (χ2n) is 6.52. The lowest BCUT2D eigenvalue weighted by Crippen LogP contribution is -2.68. The van der Waals surface area contributed by atoms with Crippen molar-refractivity contribution in [2.24, 2.45) is 0 Å². The molecule has 0 aliphatic carbocycles. The van der Waals surface area contributed by atoms with E-state index >= 15 is 0 Å². The van der Waals surface area contributed by atoms with Crippen molar-refractivity contribution in [1.82, 2.24) is 9.97 Å². The lowest BCUT2D eigenvalue weighted by Gasteiger charge is -2.53. The summed E-state index contributed by atoms with van der Waals surface area (Å²) in [7, 11) is 1.64. The Bertz CT molecular complexity index is 840. The maximum Gasteiger partial charge on any atom is 0.237 e. The fourth-order valence-electron chi connectivity index (χ4n) is 3.36. The number of rotatable bonds is 2. The maximum absolute atomic E-state index is 6.01. The minimum Gasteiger partial charge on any atom is -0.480 e. The van der Waals surface area contributed by atoms with E-state index in [4.69, 9.17) is 14.2 Å². The molecule has 2 saturated heterocycles. The van der Waals surface area contributed by atoms with E-state index in [1.165, 1.54) is 0 Å². The molecule has 1 unspecified atom stereocenters. The van der Waals surface area contributed by atoms with Crippen LogP contribution in [0.2, 0.25) is 0 Å². The van der Waals surface area contributed by atoms with Crippen molar-refractivity contribution in [3.8, 4) is 17.7 Å². The number of anilines is 1. The van der Waals surface area contributed by atoms with Gasteiger partial charge in [0.15, 0.2) is 0 Å². The minimum absolute atomic E-state index is 0.169. The van der Waals surface area contributed by atoms with Gasteiger partial charge in [0, 0.05) is 36.3 Å². The largest absolute Gasteiger partial charge is 0.480 e. The summed E-state index contributed by atoms with van der Waals surface area (Å²) < 4.78 is 16.9. The second-order valence-corrected chi connectivity index (χ2v) is 6.52.